The van der Waals surface area contributed by atoms with Gasteiger partial charge in [-0.15, -0.1) is 0 Å². The highest BCUT2D eigenvalue weighted by atomic mass is 16.6. The van der Waals surface area contributed by atoms with Crippen LogP contribution >= 0.6 is 0 Å². The fourth-order valence-corrected chi connectivity index (χ4v) is 1.34. The number of ether oxygens (including phenoxy) is 1. The average Bonchev–Trinajstić information content (AvgIpc) is 2.88. The molecule has 0 aliphatic carbocycles. The summed E-state index contributed by atoms with van der Waals surface area (Å²) in [5, 5.41) is 2.79. The van der Waals surface area contributed by atoms with Crippen molar-refractivity contribution < 1.29 is 13.9 Å². The minimum atomic E-state index is -0.0881. The molecular formula is C10H13NO3. The SMILES string of the molecule is Cc1cc(C(=O)NC[C@H]2CO2)c(C)o1. The summed E-state index contributed by atoms with van der Waals surface area (Å²) in [4.78, 5) is 11.6. The van der Waals surface area contributed by atoms with E-state index in [2.05, 4.69) is 5.32 Å². The van der Waals surface area contributed by atoms with Crippen molar-refractivity contribution >= 4 is 5.91 Å². The lowest BCUT2D eigenvalue weighted by Crippen LogP contribution is -2.27. The van der Waals surface area contributed by atoms with Gasteiger partial charge in [0.1, 0.15) is 11.5 Å². The Kier molecular flexibility index (Phi) is 2.29. The molecule has 1 fully saturated rings. The monoisotopic (exact) mass is 195 g/mol. The average molecular weight is 195 g/mol. The van der Waals surface area contributed by atoms with Crippen molar-refractivity contribution in [2.45, 2.75) is 20.0 Å². The van der Waals surface area contributed by atoms with E-state index >= 15 is 0 Å². The minimum absolute atomic E-state index is 0.0881. The quantitative estimate of drug-likeness (QED) is 0.733. The van der Waals surface area contributed by atoms with Crippen molar-refractivity contribution in [3.05, 3.63) is 23.2 Å². The summed E-state index contributed by atoms with van der Waals surface area (Å²) in [6.07, 6.45) is 0.215. The van der Waals surface area contributed by atoms with Crippen molar-refractivity contribution in [2.75, 3.05) is 13.2 Å². The Labute approximate surface area is 82.2 Å². The summed E-state index contributed by atoms with van der Waals surface area (Å²) < 4.78 is 10.3. The molecule has 1 N–H and O–H groups in total. The summed E-state index contributed by atoms with van der Waals surface area (Å²) in [5.41, 5.74) is 0.614. The fourth-order valence-electron chi connectivity index (χ4n) is 1.34. The third-order valence-electron chi connectivity index (χ3n) is 2.18. The van der Waals surface area contributed by atoms with Crippen LogP contribution in [0.1, 0.15) is 21.9 Å². The Morgan fingerprint density at radius 2 is 2.36 bits per heavy atom. The minimum Gasteiger partial charge on any atom is -0.466 e. The first-order valence-electron chi connectivity index (χ1n) is 4.63. The van der Waals surface area contributed by atoms with E-state index in [1.54, 1.807) is 13.0 Å². The van der Waals surface area contributed by atoms with E-state index in [0.29, 0.717) is 17.9 Å². The van der Waals surface area contributed by atoms with E-state index in [1.807, 2.05) is 6.92 Å². The Balaban J connectivity index is 1.98. The van der Waals surface area contributed by atoms with Crippen molar-refractivity contribution in [1.29, 1.82) is 0 Å². The maximum absolute atomic E-state index is 11.6. The van der Waals surface area contributed by atoms with Gasteiger partial charge in [0.2, 0.25) is 0 Å². The molecule has 1 saturated heterocycles. The lowest BCUT2D eigenvalue weighted by atomic mass is 10.2. The number of amides is 1. The molecule has 1 aromatic heterocycles. The van der Waals surface area contributed by atoms with Gasteiger partial charge in [0.25, 0.3) is 5.91 Å². The van der Waals surface area contributed by atoms with Crippen LogP contribution in [0.15, 0.2) is 10.5 Å². The molecule has 14 heavy (non-hydrogen) atoms. The molecule has 2 rings (SSSR count). The van der Waals surface area contributed by atoms with Crippen LogP contribution in [0.5, 0.6) is 0 Å². The number of furan rings is 1. The van der Waals surface area contributed by atoms with Gasteiger partial charge in [-0.05, 0) is 19.9 Å². The summed E-state index contributed by atoms with van der Waals surface area (Å²) >= 11 is 0. The molecule has 0 bridgehead atoms. The number of carbonyl (C=O) groups excluding carboxylic acids is 1. The first kappa shape index (κ1) is 9.27. The maximum atomic E-state index is 11.6. The van der Waals surface area contributed by atoms with Gasteiger partial charge in [0, 0.05) is 6.54 Å². The number of hydrogen-bond acceptors (Lipinski definition) is 3. The van der Waals surface area contributed by atoms with Gasteiger partial charge in [0.15, 0.2) is 0 Å². The van der Waals surface area contributed by atoms with E-state index in [9.17, 15) is 4.79 Å². The maximum Gasteiger partial charge on any atom is 0.254 e. The van der Waals surface area contributed by atoms with Crippen molar-refractivity contribution in [2.24, 2.45) is 0 Å². The first-order chi connectivity index (χ1) is 6.66. The van der Waals surface area contributed by atoms with Gasteiger partial charge < -0.3 is 14.5 Å². The van der Waals surface area contributed by atoms with Gasteiger partial charge in [-0.1, -0.05) is 0 Å². The number of nitrogens with one attached hydrogen (secondary N) is 1. The Hall–Kier alpha value is -1.29. The lowest BCUT2D eigenvalue weighted by molar-refractivity contribution is 0.0949. The number of carbonyl (C=O) groups is 1. The van der Waals surface area contributed by atoms with E-state index in [-0.39, 0.29) is 12.0 Å². The van der Waals surface area contributed by atoms with Crippen molar-refractivity contribution in [3.8, 4) is 0 Å². The number of rotatable bonds is 3. The van der Waals surface area contributed by atoms with E-state index < -0.39 is 0 Å². The van der Waals surface area contributed by atoms with Crippen molar-refractivity contribution in [3.63, 3.8) is 0 Å². The zero-order valence-corrected chi connectivity index (χ0v) is 8.29. The van der Waals surface area contributed by atoms with Crippen LogP contribution in [-0.2, 0) is 4.74 Å². The standard InChI is InChI=1S/C10H13NO3/c1-6-3-9(7(2)14-6)10(12)11-4-8-5-13-8/h3,8H,4-5H2,1-2H3,(H,11,12)/t8-/m0/s1. The lowest BCUT2D eigenvalue weighted by Gasteiger charge is -2.00. The van der Waals surface area contributed by atoms with Gasteiger partial charge in [0.05, 0.1) is 18.3 Å². The Morgan fingerprint density at radius 3 is 2.86 bits per heavy atom. The largest absolute Gasteiger partial charge is 0.466 e. The second kappa shape index (κ2) is 3.46. The highest BCUT2D eigenvalue weighted by molar-refractivity contribution is 5.95. The molecule has 0 saturated carbocycles. The number of epoxide rings is 1. The summed E-state index contributed by atoms with van der Waals surface area (Å²) in [7, 11) is 0. The molecule has 1 amide bonds. The molecule has 1 aliphatic heterocycles. The molecule has 1 aliphatic rings. The molecule has 0 unspecified atom stereocenters. The van der Waals surface area contributed by atoms with Gasteiger partial charge >= 0.3 is 0 Å². The Morgan fingerprint density at radius 1 is 1.64 bits per heavy atom. The van der Waals surface area contributed by atoms with Gasteiger partial charge in [-0.3, -0.25) is 4.79 Å². The number of hydrogen-bond donors (Lipinski definition) is 1. The predicted octanol–water partition coefficient (Wildman–Crippen LogP) is 1.03. The molecule has 0 radical (unpaired) electrons. The van der Waals surface area contributed by atoms with Gasteiger partial charge in [-0.25, -0.2) is 0 Å². The molecule has 76 valence electrons. The molecule has 1 aromatic rings. The third-order valence-corrected chi connectivity index (χ3v) is 2.18. The zero-order valence-electron chi connectivity index (χ0n) is 8.29. The second-order valence-electron chi connectivity index (χ2n) is 3.49. The van der Waals surface area contributed by atoms with E-state index in [0.717, 1.165) is 12.4 Å². The van der Waals surface area contributed by atoms with Gasteiger partial charge in [-0.2, -0.15) is 0 Å². The molecule has 2 heterocycles. The van der Waals surface area contributed by atoms with Crippen LogP contribution in [-0.4, -0.2) is 25.2 Å². The highest BCUT2D eigenvalue weighted by Gasteiger charge is 2.23. The topological polar surface area (TPSA) is 54.8 Å². The summed E-state index contributed by atoms with van der Waals surface area (Å²) in [5.74, 6) is 1.34. The smallest absolute Gasteiger partial charge is 0.254 e. The highest BCUT2D eigenvalue weighted by Crippen LogP contribution is 2.14. The molecule has 0 aromatic carbocycles. The van der Waals surface area contributed by atoms with Crippen LogP contribution in [0.25, 0.3) is 0 Å². The molecule has 1 atom stereocenters. The Bertz CT molecular complexity index is 352. The van der Waals surface area contributed by atoms with Crippen LogP contribution in [0.2, 0.25) is 0 Å². The van der Waals surface area contributed by atoms with Crippen LogP contribution < -0.4 is 5.32 Å². The zero-order chi connectivity index (χ0) is 10.1. The second-order valence-corrected chi connectivity index (χ2v) is 3.49. The molecule has 0 spiro atoms. The molecule has 4 nitrogen and oxygen atoms in total. The summed E-state index contributed by atoms with van der Waals surface area (Å²) in [6, 6.07) is 1.75. The van der Waals surface area contributed by atoms with Crippen LogP contribution in [0.3, 0.4) is 0 Å². The molecular weight excluding hydrogens is 182 g/mol. The van der Waals surface area contributed by atoms with Crippen LogP contribution in [0.4, 0.5) is 0 Å². The van der Waals surface area contributed by atoms with E-state index in [1.165, 1.54) is 0 Å². The molecule has 4 heteroatoms. The normalized spacial score (nSPS) is 19.4. The van der Waals surface area contributed by atoms with E-state index in [4.69, 9.17) is 9.15 Å². The number of aryl methyl sites for hydroxylation is 2. The fraction of sp³-hybridized carbons (Fsp3) is 0.500. The van der Waals surface area contributed by atoms with Crippen LogP contribution in [0, 0.1) is 13.8 Å². The third kappa shape index (κ3) is 1.96. The predicted molar refractivity (Wildman–Crippen MR) is 50.3 cm³/mol. The summed E-state index contributed by atoms with van der Waals surface area (Å²) in [6.45, 7) is 4.95. The van der Waals surface area contributed by atoms with Crippen molar-refractivity contribution in [1.82, 2.24) is 5.32 Å². The first-order valence-corrected chi connectivity index (χ1v) is 4.63.